The van der Waals surface area contributed by atoms with Crippen LogP contribution in [0.5, 0.6) is 11.5 Å². The van der Waals surface area contributed by atoms with Crippen molar-refractivity contribution in [1.82, 2.24) is 4.68 Å². The summed E-state index contributed by atoms with van der Waals surface area (Å²) >= 11 is 22.6. The number of thiocarbonyl (C=S) groups is 1. The molecule has 2 aromatic carbocycles. The molecule has 10 heteroatoms. The molecule has 0 spiro atoms. The number of benzene rings is 2. The van der Waals surface area contributed by atoms with Crippen LogP contribution in [0.3, 0.4) is 0 Å². The lowest BCUT2D eigenvalue weighted by Crippen LogP contribution is -2.39. The Kier molecular flexibility index (Phi) is 7.64. The Hall–Kier alpha value is -1.97. The number of rotatable bonds is 6. The average Bonchev–Trinajstić information content (AvgIpc) is 3.24. The summed E-state index contributed by atoms with van der Waals surface area (Å²) in [4.78, 5) is 13.7. The number of carbonyl (C=O) groups is 1. The van der Waals surface area contributed by atoms with Gasteiger partial charge in [-0.25, -0.2) is 0 Å². The van der Waals surface area contributed by atoms with E-state index in [1.807, 2.05) is 48.9 Å². The van der Waals surface area contributed by atoms with E-state index in [9.17, 15) is 4.79 Å². The maximum Gasteiger partial charge on any atom is 0.285 e. The quantitative estimate of drug-likeness (QED) is 0.220. The number of ether oxygens (including phenoxy) is 2. The minimum absolute atomic E-state index is 0.176. The van der Waals surface area contributed by atoms with Crippen molar-refractivity contribution in [3.8, 4) is 11.5 Å². The van der Waals surface area contributed by atoms with Gasteiger partial charge in [0.25, 0.3) is 5.91 Å². The Labute approximate surface area is 225 Å². The number of hydrogen-bond donors (Lipinski definition) is 0. The Morgan fingerprint density at radius 2 is 1.82 bits per heavy atom. The van der Waals surface area contributed by atoms with Gasteiger partial charge in [-0.2, -0.15) is 5.01 Å². The molecule has 1 aliphatic rings. The van der Waals surface area contributed by atoms with Crippen LogP contribution in [-0.4, -0.2) is 22.0 Å². The van der Waals surface area contributed by atoms with Crippen molar-refractivity contribution in [3.05, 3.63) is 84.4 Å². The number of methoxy groups -OCH3 is 1. The molecule has 0 atom stereocenters. The molecule has 0 N–H and O–H groups in total. The molecule has 0 bridgehead atoms. The van der Waals surface area contributed by atoms with Gasteiger partial charge < -0.3 is 9.47 Å². The first-order chi connectivity index (χ1) is 16.2. The highest BCUT2D eigenvalue weighted by Gasteiger charge is 2.34. The van der Waals surface area contributed by atoms with Gasteiger partial charge >= 0.3 is 0 Å². The smallest absolute Gasteiger partial charge is 0.285 e. The minimum Gasteiger partial charge on any atom is -0.493 e. The third-order valence-electron chi connectivity index (χ3n) is 5.14. The predicted molar refractivity (Wildman–Crippen MR) is 147 cm³/mol. The van der Waals surface area contributed by atoms with Gasteiger partial charge in [0.2, 0.25) is 0 Å². The first kappa shape index (κ1) is 25.1. The fourth-order valence-electron chi connectivity index (χ4n) is 3.51. The SMILES string of the molecule is COc1cc(/C=C2/SC(=S)N(n3c(C)ccc3C)C2=O)cc(Br)c1OCc1ccc(Cl)cc1Cl. The number of aryl methyl sites for hydroxylation is 2. The van der Waals surface area contributed by atoms with E-state index in [1.54, 1.807) is 25.3 Å². The maximum atomic E-state index is 13.2. The summed E-state index contributed by atoms with van der Waals surface area (Å²) in [7, 11) is 1.56. The second-order valence-electron chi connectivity index (χ2n) is 7.48. The molecule has 3 aromatic rings. The van der Waals surface area contributed by atoms with Gasteiger partial charge in [-0.3, -0.25) is 9.47 Å². The molecule has 0 aliphatic carbocycles. The number of hydrogen-bond acceptors (Lipinski definition) is 5. The molecule has 1 aliphatic heterocycles. The first-order valence-corrected chi connectivity index (χ1v) is 12.8. The fraction of sp³-hybridized carbons (Fsp3) is 0.167. The van der Waals surface area contributed by atoms with Gasteiger partial charge in [0.15, 0.2) is 15.8 Å². The fourth-order valence-corrected chi connectivity index (χ4v) is 5.79. The highest BCUT2D eigenvalue weighted by molar-refractivity contribution is 9.10. The van der Waals surface area contributed by atoms with Crippen molar-refractivity contribution in [2.24, 2.45) is 0 Å². The summed E-state index contributed by atoms with van der Waals surface area (Å²) in [5, 5.41) is 2.61. The van der Waals surface area contributed by atoms with E-state index in [4.69, 9.17) is 44.9 Å². The van der Waals surface area contributed by atoms with Crippen LogP contribution in [0.4, 0.5) is 0 Å². The molecule has 4 rings (SSSR count). The molecule has 0 unspecified atom stereocenters. The number of thioether (sulfide) groups is 1. The molecule has 1 saturated heterocycles. The normalized spacial score (nSPS) is 14.9. The second kappa shape index (κ2) is 10.3. The highest BCUT2D eigenvalue weighted by Crippen LogP contribution is 2.40. The molecule has 5 nitrogen and oxygen atoms in total. The van der Waals surface area contributed by atoms with Gasteiger partial charge in [0, 0.05) is 27.0 Å². The summed E-state index contributed by atoms with van der Waals surface area (Å²) in [6, 6.07) is 12.8. The average molecular weight is 598 g/mol. The third-order valence-corrected chi connectivity index (χ3v) is 7.60. The molecule has 0 saturated carbocycles. The van der Waals surface area contributed by atoms with Gasteiger partial charge in [-0.05, 0) is 90.0 Å². The Bertz CT molecular complexity index is 1320. The van der Waals surface area contributed by atoms with E-state index in [1.165, 1.54) is 16.8 Å². The molecule has 0 radical (unpaired) electrons. The maximum absolute atomic E-state index is 13.2. The summed E-state index contributed by atoms with van der Waals surface area (Å²) in [5.74, 6) is 0.861. The Balaban J connectivity index is 1.60. The molecule has 34 heavy (non-hydrogen) atoms. The van der Waals surface area contributed by atoms with Crippen molar-refractivity contribution in [1.29, 1.82) is 0 Å². The highest BCUT2D eigenvalue weighted by atomic mass is 79.9. The zero-order chi connectivity index (χ0) is 24.6. The third kappa shape index (κ3) is 5.02. The van der Waals surface area contributed by atoms with Gasteiger partial charge in [-0.15, -0.1) is 0 Å². The largest absolute Gasteiger partial charge is 0.493 e. The van der Waals surface area contributed by atoms with E-state index in [2.05, 4.69) is 15.9 Å². The molecular weight excluding hydrogens is 579 g/mol. The summed E-state index contributed by atoms with van der Waals surface area (Å²) in [6.07, 6.45) is 1.79. The zero-order valence-electron chi connectivity index (χ0n) is 18.4. The second-order valence-corrected chi connectivity index (χ2v) is 10.9. The summed E-state index contributed by atoms with van der Waals surface area (Å²) in [5.41, 5.74) is 3.42. The van der Waals surface area contributed by atoms with Crippen LogP contribution in [0.1, 0.15) is 22.5 Å². The Morgan fingerprint density at radius 1 is 1.12 bits per heavy atom. The number of amides is 1. The predicted octanol–water partition coefficient (Wildman–Crippen LogP) is 7.30. The van der Waals surface area contributed by atoms with Crippen LogP contribution in [0, 0.1) is 13.8 Å². The first-order valence-electron chi connectivity index (χ1n) is 10.1. The molecule has 1 aromatic heterocycles. The van der Waals surface area contributed by atoms with E-state index >= 15 is 0 Å². The van der Waals surface area contributed by atoms with Gasteiger partial charge in [0.1, 0.15) is 6.61 Å². The van der Waals surface area contributed by atoms with Crippen molar-refractivity contribution in [2.45, 2.75) is 20.5 Å². The minimum atomic E-state index is -0.176. The Morgan fingerprint density at radius 3 is 2.47 bits per heavy atom. The lowest BCUT2D eigenvalue weighted by Gasteiger charge is -2.20. The van der Waals surface area contributed by atoms with E-state index in [0.29, 0.717) is 35.2 Å². The number of carbonyl (C=O) groups excluding carboxylic acids is 1. The van der Waals surface area contributed by atoms with Crippen LogP contribution < -0.4 is 14.5 Å². The molecular formula is C24H19BrCl2N2O3S2. The van der Waals surface area contributed by atoms with E-state index in [-0.39, 0.29) is 12.5 Å². The summed E-state index contributed by atoms with van der Waals surface area (Å²) in [6.45, 7) is 4.11. The standard InChI is InChI=1S/C24H19BrCl2N2O3S2/c1-13-4-5-14(2)28(13)29-23(30)21(34-24(29)33)10-15-8-18(25)22(20(9-15)31-3)32-12-16-6-7-17(26)11-19(16)27/h4-11H,12H2,1-3H3/b21-10+. The molecule has 2 heterocycles. The van der Waals surface area contributed by atoms with Crippen molar-refractivity contribution < 1.29 is 14.3 Å². The van der Waals surface area contributed by atoms with Crippen LogP contribution in [-0.2, 0) is 11.4 Å². The van der Waals surface area contributed by atoms with Crippen LogP contribution in [0.15, 0.2) is 51.8 Å². The molecule has 1 amide bonds. The van der Waals surface area contributed by atoms with E-state index in [0.717, 1.165) is 22.5 Å². The van der Waals surface area contributed by atoms with E-state index < -0.39 is 0 Å². The van der Waals surface area contributed by atoms with Crippen molar-refractivity contribution in [2.75, 3.05) is 12.1 Å². The number of aromatic nitrogens is 1. The van der Waals surface area contributed by atoms with Crippen LogP contribution in [0.2, 0.25) is 10.0 Å². The van der Waals surface area contributed by atoms with Crippen molar-refractivity contribution in [3.63, 3.8) is 0 Å². The van der Waals surface area contributed by atoms with Gasteiger partial charge in [-0.1, -0.05) is 41.0 Å². The number of nitrogens with zero attached hydrogens (tertiary/aromatic N) is 2. The van der Waals surface area contributed by atoms with Crippen LogP contribution in [0.25, 0.3) is 6.08 Å². The van der Waals surface area contributed by atoms with Crippen LogP contribution >= 0.6 is 63.1 Å². The topological polar surface area (TPSA) is 43.7 Å². The lowest BCUT2D eigenvalue weighted by atomic mass is 10.1. The lowest BCUT2D eigenvalue weighted by molar-refractivity contribution is -0.114. The monoisotopic (exact) mass is 596 g/mol. The zero-order valence-corrected chi connectivity index (χ0v) is 23.1. The summed E-state index contributed by atoms with van der Waals surface area (Å²) < 4.78 is 14.5. The van der Waals surface area contributed by atoms with Gasteiger partial charge in [0.05, 0.1) is 16.5 Å². The van der Waals surface area contributed by atoms with Crippen molar-refractivity contribution >= 4 is 79.4 Å². The molecule has 1 fully saturated rings. The number of halogens is 3. The molecule has 176 valence electrons.